The molecule has 0 amide bonds. The number of nitrogens with one attached hydrogen (secondary N) is 1. The minimum atomic E-state index is -0.300. The molecule has 1 rings (SSSR count). The van der Waals surface area contributed by atoms with E-state index >= 15 is 0 Å². The molecule has 0 aliphatic heterocycles. The standard InChI is InChI=1S/C12H19NO3S/c1-2-16-12(14)10-15-8-7-13-6-5-11-4-3-9-17-11/h3-4,9,13H,2,5-8,10H2,1H3. The molecule has 1 heterocycles. The molecule has 0 fully saturated rings. The van der Waals surface area contributed by atoms with Crippen LogP contribution in [0.5, 0.6) is 0 Å². The smallest absolute Gasteiger partial charge is 0.332 e. The van der Waals surface area contributed by atoms with Crippen LogP contribution in [-0.4, -0.2) is 38.9 Å². The molecule has 0 spiro atoms. The van der Waals surface area contributed by atoms with Gasteiger partial charge in [-0.1, -0.05) is 6.07 Å². The van der Waals surface area contributed by atoms with E-state index in [1.807, 2.05) is 0 Å². The Labute approximate surface area is 106 Å². The van der Waals surface area contributed by atoms with Gasteiger partial charge >= 0.3 is 5.97 Å². The first-order valence-electron chi connectivity index (χ1n) is 5.79. The van der Waals surface area contributed by atoms with Crippen molar-refractivity contribution in [3.05, 3.63) is 22.4 Å². The second-order valence-corrected chi connectivity index (χ2v) is 4.47. The van der Waals surface area contributed by atoms with Crippen LogP contribution in [0.25, 0.3) is 0 Å². The Hall–Kier alpha value is -0.910. The van der Waals surface area contributed by atoms with Crippen molar-refractivity contribution in [3.63, 3.8) is 0 Å². The number of rotatable bonds is 9. The summed E-state index contributed by atoms with van der Waals surface area (Å²) in [5.74, 6) is -0.300. The van der Waals surface area contributed by atoms with E-state index in [0.29, 0.717) is 13.2 Å². The predicted molar refractivity (Wildman–Crippen MR) is 68.3 cm³/mol. The quantitative estimate of drug-likeness (QED) is 0.537. The molecule has 0 radical (unpaired) electrons. The van der Waals surface area contributed by atoms with Gasteiger partial charge in [0.05, 0.1) is 13.2 Å². The maximum Gasteiger partial charge on any atom is 0.332 e. The molecule has 17 heavy (non-hydrogen) atoms. The van der Waals surface area contributed by atoms with Crippen LogP contribution in [0.1, 0.15) is 11.8 Å². The highest BCUT2D eigenvalue weighted by Gasteiger charge is 2.00. The van der Waals surface area contributed by atoms with Crippen LogP contribution in [0.2, 0.25) is 0 Å². The first-order valence-corrected chi connectivity index (χ1v) is 6.67. The zero-order valence-corrected chi connectivity index (χ0v) is 10.9. The molecular weight excluding hydrogens is 238 g/mol. The molecule has 0 aromatic carbocycles. The minimum absolute atomic E-state index is 0.0421. The summed E-state index contributed by atoms with van der Waals surface area (Å²) in [7, 11) is 0. The highest BCUT2D eigenvalue weighted by atomic mass is 32.1. The molecule has 1 aromatic rings. The number of ether oxygens (including phenoxy) is 2. The van der Waals surface area contributed by atoms with E-state index in [9.17, 15) is 4.79 Å². The number of hydrogen-bond acceptors (Lipinski definition) is 5. The molecule has 5 heteroatoms. The molecule has 0 saturated carbocycles. The Morgan fingerprint density at radius 1 is 1.47 bits per heavy atom. The van der Waals surface area contributed by atoms with Gasteiger partial charge in [-0.15, -0.1) is 11.3 Å². The number of carbonyl (C=O) groups is 1. The van der Waals surface area contributed by atoms with Crippen LogP contribution in [0.3, 0.4) is 0 Å². The van der Waals surface area contributed by atoms with Crippen LogP contribution in [-0.2, 0) is 20.7 Å². The molecule has 0 unspecified atom stereocenters. The molecule has 96 valence electrons. The summed E-state index contributed by atoms with van der Waals surface area (Å²) in [5, 5.41) is 5.34. The van der Waals surface area contributed by atoms with Gasteiger partial charge in [0, 0.05) is 18.0 Å². The first kappa shape index (κ1) is 14.2. The lowest BCUT2D eigenvalue weighted by Crippen LogP contribution is -2.23. The van der Waals surface area contributed by atoms with E-state index in [0.717, 1.165) is 19.5 Å². The Balaban J connectivity index is 1.86. The molecule has 1 N–H and O–H groups in total. The Morgan fingerprint density at radius 2 is 2.35 bits per heavy atom. The minimum Gasteiger partial charge on any atom is -0.464 e. The fourth-order valence-electron chi connectivity index (χ4n) is 1.29. The fraction of sp³-hybridized carbons (Fsp3) is 0.583. The van der Waals surface area contributed by atoms with Gasteiger partial charge in [0.2, 0.25) is 0 Å². The van der Waals surface area contributed by atoms with E-state index in [4.69, 9.17) is 9.47 Å². The SMILES string of the molecule is CCOC(=O)COCCNCCc1cccs1. The third kappa shape index (κ3) is 7.10. The number of carbonyl (C=O) groups excluding carboxylic acids is 1. The Morgan fingerprint density at radius 3 is 3.06 bits per heavy atom. The first-order chi connectivity index (χ1) is 8.33. The van der Waals surface area contributed by atoms with Gasteiger partial charge < -0.3 is 14.8 Å². The van der Waals surface area contributed by atoms with Crippen LogP contribution in [0.15, 0.2) is 17.5 Å². The van der Waals surface area contributed by atoms with Crippen molar-refractivity contribution in [2.24, 2.45) is 0 Å². The van der Waals surface area contributed by atoms with Crippen molar-refractivity contribution >= 4 is 17.3 Å². The van der Waals surface area contributed by atoms with Crippen molar-refractivity contribution in [2.75, 3.05) is 32.9 Å². The molecule has 0 aliphatic rings. The van der Waals surface area contributed by atoms with Gasteiger partial charge in [-0.2, -0.15) is 0 Å². The molecule has 0 atom stereocenters. The normalized spacial score (nSPS) is 10.4. The maximum atomic E-state index is 10.9. The van der Waals surface area contributed by atoms with Crippen molar-refractivity contribution in [3.8, 4) is 0 Å². The predicted octanol–water partition coefficient (Wildman–Crippen LogP) is 1.46. The van der Waals surface area contributed by atoms with E-state index in [1.54, 1.807) is 18.3 Å². The third-order valence-corrected chi connectivity index (χ3v) is 3.01. The molecule has 0 saturated heterocycles. The van der Waals surface area contributed by atoms with Crippen molar-refractivity contribution in [2.45, 2.75) is 13.3 Å². The Kier molecular flexibility index (Phi) is 7.62. The number of thiophene rings is 1. The summed E-state index contributed by atoms with van der Waals surface area (Å²) < 4.78 is 9.89. The average Bonchev–Trinajstić information content (AvgIpc) is 2.81. The summed E-state index contributed by atoms with van der Waals surface area (Å²) in [5.41, 5.74) is 0. The fourth-order valence-corrected chi connectivity index (χ4v) is 2.00. The summed E-state index contributed by atoms with van der Waals surface area (Å²) in [6.45, 7) is 4.45. The third-order valence-electron chi connectivity index (χ3n) is 2.08. The summed E-state index contributed by atoms with van der Waals surface area (Å²) in [4.78, 5) is 12.3. The monoisotopic (exact) mass is 257 g/mol. The van der Waals surface area contributed by atoms with Gasteiger partial charge in [0.25, 0.3) is 0 Å². The molecule has 0 aliphatic carbocycles. The highest BCUT2D eigenvalue weighted by molar-refractivity contribution is 7.09. The molecule has 1 aromatic heterocycles. The van der Waals surface area contributed by atoms with Crippen molar-refractivity contribution < 1.29 is 14.3 Å². The van der Waals surface area contributed by atoms with E-state index in [1.165, 1.54) is 4.88 Å². The summed E-state index contributed by atoms with van der Waals surface area (Å²) >= 11 is 1.77. The zero-order chi connectivity index (χ0) is 12.3. The van der Waals surface area contributed by atoms with Gasteiger partial charge in [-0.25, -0.2) is 4.79 Å². The Bertz CT molecular complexity index is 301. The second-order valence-electron chi connectivity index (χ2n) is 3.44. The number of hydrogen-bond donors (Lipinski definition) is 1. The topological polar surface area (TPSA) is 47.6 Å². The van der Waals surface area contributed by atoms with Crippen molar-refractivity contribution in [1.29, 1.82) is 0 Å². The van der Waals surface area contributed by atoms with E-state index < -0.39 is 0 Å². The van der Waals surface area contributed by atoms with E-state index in [-0.39, 0.29) is 12.6 Å². The average molecular weight is 257 g/mol. The number of esters is 1. The van der Waals surface area contributed by atoms with E-state index in [2.05, 4.69) is 22.8 Å². The molecule has 0 bridgehead atoms. The van der Waals surface area contributed by atoms with Gasteiger partial charge in [0.15, 0.2) is 0 Å². The van der Waals surface area contributed by atoms with Gasteiger partial charge in [-0.05, 0) is 24.8 Å². The van der Waals surface area contributed by atoms with Crippen molar-refractivity contribution in [1.82, 2.24) is 5.32 Å². The summed E-state index contributed by atoms with van der Waals surface area (Å²) in [6, 6.07) is 4.19. The zero-order valence-electron chi connectivity index (χ0n) is 10.1. The molecule has 4 nitrogen and oxygen atoms in total. The maximum absolute atomic E-state index is 10.9. The van der Waals surface area contributed by atoms with Gasteiger partial charge in [-0.3, -0.25) is 0 Å². The van der Waals surface area contributed by atoms with Crippen LogP contribution in [0.4, 0.5) is 0 Å². The lowest BCUT2D eigenvalue weighted by atomic mass is 10.3. The summed E-state index contributed by atoms with van der Waals surface area (Å²) in [6.07, 6.45) is 1.04. The lowest BCUT2D eigenvalue weighted by Gasteiger charge is -2.05. The van der Waals surface area contributed by atoms with Crippen LogP contribution < -0.4 is 5.32 Å². The second kappa shape index (κ2) is 9.15. The van der Waals surface area contributed by atoms with Gasteiger partial charge in [0.1, 0.15) is 6.61 Å². The lowest BCUT2D eigenvalue weighted by molar-refractivity contribution is -0.148. The largest absolute Gasteiger partial charge is 0.464 e. The van der Waals surface area contributed by atoms with Crippen LogP contribution >= 0.6 is 11.3 Å². The highest BCUT2D eigenvalue weighted by Crippen LogP contribution is 2.07. The molecular formula is C12H19NO3S. The van der Waals surface area contributed by atoms with Crippen LogP contribution in [0, 0.1) is 0 Å².